The fourth-order valence-electron chi connectivity index (χ4n) is 1.57. The van der Waals surface area contributed by atoms with E-state index in [0.29, 0.717) is 13.2 Å². The Labute approximate surface area is 92.8 Å². The van der Waals surface area contributed by atoms with Gasteiger partial charge in [0.05, 0.1) is 6.61 Å². The normalized spacial score (nSPS) is 18.8. The molecule has 0 unspecified atom stereocenters. The molecular weight excluding hydrogens is 194 g/mol. The number of amides is 1. The van der Waals surface area contributed by atoms with Crippen LogP contribution in [-0.2, 0) is 4.74 Å². The average molecular weight is 217 g/mol. The average Bonchev–Trinajstić information content (AvgIpc) is 2.21. The van der Waals surface area contributed by atoms with Crippen LogP contribution in [0.15, 0.2) is 0 Å². The molecule has 0 aromatic rings. The summed E-state index contributed by atoms with van der Waals surface area (Å²) in [5, 5.41) is 2.73. The molecule has 0 saturated carbocycles. The molecule has 0 aromatic carbocycles. The first-order chi connectivity index (χ1) is 7.22. The van der Waals surface area contributed by atoms with Crippen molar-refractivity contribution in [3.8, 4) is 0 Å². The van der Waals surface area contributed by atoms with E-state index in [1.165, 1.54) is 0 Å². The highest BCUT2D eigenvalue weighted by Crippen LogP contribution is 1.97. The number of hydrogen-bond acceptors (Lipinski definition) is 4. The second kappa shape index (κ2) is 6.63. The van der Waals surface area contributed by atoms with Gasteiger partial charge in [-0.2, -0.15) is 0 Å². The van der Waals surface area contributed by atoms with E-state index >= 15 is 0 Å². The molecule has 1 N–H and O–H groups in total. The van der Waals surface area contributed by atoms with Gasteiger partial charge < -0.3 is 15.0 Å². The first-order valence-electron chi connectivity index (χ1n) is 5.54. The van der Waals surface area contributed by atoms with Crippen LogP contribution < -0.4 is 5.32 Å². The molecule has 1 aliphatic heterocycles. The Morgan fingerprint density at radius 3 is 2.67 bits per heavy atom. The van der Waals surface area contributed by atoms with Crippen molar-refractivity contribution in [3.63, 3.8) is 0 Å². The third-order valence-corrected chi connectivity index (χ3v) is 2.57. The summed E-state index contributed by atoms with van der Waals surface area (Å²) in [4.78, 5) is 15.6. The molecule has 90 valence electrons. The van der Waals surface area contributed by atoms with Gasteiger partial charge in [0.15, 0.2) is 0 Å². The van der Waals surface area contributed by atoms with E-state index in [9.17, 15) is 4.79 Å². The van der Waals surface area contributed by atoms with Crippen LogP contribution in [0.1, 0.15) is 8.35 Å². The van der Waals surface area contributed by atoms with Crippen LogP contribution in [0.3, 0.4) is 0 Å². The van der Waals surface area contributed by atoms with Gasteiger partial charge in [-0.3, -0.25) is 4.90 Å². The summed E-state index contributed by atoms with van der Waals surface area (Å²) in [6, 6.07) is 0. The molecule has 1 rings (SSSR count). The Bertz CT molecular complexity index is 197. The fraction of sp³-hybridized carbons (Fsp3) is 0.900. The minimum Gasteiger partial charge on any atom is -0.450 e. The molecule has 0 aromatic heterocycles. The van der Waals surface area contributed by atoms with Crippen LogP contribution in [0.25, 0.3) is 0 Å². The Kier molecular flexibility index (Phi) is 5.42. The van der Waals surface area contributed by atoms with Gasteiger partial charge >= 0.3 is 6.09 Å². The van der Waals surface area contributed by atoms with Crippen molar-refractivity contribution in [1.82, 2.24) is 15.1 Å². The molecular formula is C10H23N3O2. The second-order valence-corrected chi connectivity index (χ2v) is 3.79. The zero-order valence-electron chi connectivity index (χ0n) is 9.66. The summed E-state index contributed by atoms with van der Waals surface area (Å²) in [5.41, 5.74) is 0. The number of hydrogen-bond donors (Lipinski definition) is 1. The van der Waals surface area contributed by atoms with Gasteiger partial charge in [-0.25, -0.2) is 4.79 Å². The lowest BCUT2D eigenvalue weighted by atomic mass is 10.3. The van der Waals surface area contributed by atoms with E-state index in [2.05, 4.69) is 22.2 Å². The lowest BCUT2D eigenvalue weighted by molar-refractivity contribution is 0.140. The van der Waals surface area contributed by atoms with Crippen molar-refractivity contribution in [2.45, 2.75) is 6.92 Å². The molecule has 5 nitrogen and oxygen atoms in total. The molecule has 0 aliphatic carbocycles. The molecule has 15 heavy (non-hydrogen) atoms. The third kappa shape index (κ3) is 4.99. The number of carbonyl (C=O) groups excluding carboxylic acids is 1. The number of ether oxygens (including phenoxy) is 1. The van der Waals surface area contributed by atoms with E-state index < -0.39 is 0 Å². The van der Waals surface area contributed by atoms with Crippen molar-refractivity contribution in [2.75, 3.05) is 52.9 Å². The van der Waals surface area contributed by atoms with Crippen LogP contribution in [-0.4, -0.2) is 68.8 Å². The number of likely N-dealkylation sites (N-methyl/N-ethyl adjacent to an activating group) is 1. The maximum Gasteiger partial charge on any atom is 0.407 e. The maximum absolute atomic E-state index is 11.0. The smallest absolute Gasteiger partial charge is 0.407 e. The van der Waals surface area contributed by atoms with Crippen molar-refractivity contribution < 1.29 is 11.0 Å². The molecule has 0 spiro atoms. The van der Waals surface area contributed by atoms with Gasteiger partial charge in [-0.1, -0.05) is 0 Å². The van der Waals surface area contributed by atoms with Crippen LogP contribution in [0.5, 0.6) is 0 Å². The first-order valence-corrected chi connectivity index (χ1v) is 5.54. The topological polar surface area (TPSA) is 44.8 Å². The van der Waals surface area contributed by atoms with Crippen molar-refractivity contribution in [3.05, 3.63) is 0 Å². The third-order valence-electron chi connectivity index (χ3n) is 2.57. The van der Waals surface area contributed by atoms with E-state index in [1.807, 2.05) is 0 Å². The van der Waals surface area contributed by atoms with E-state index in [1.54, 1.807) is 6.92 Å². The zero-order chi connectivity index (χ0) is 11.1. The van der Waals surface area contributed by atoms with E-state index in [4.69, 9.17) is 4.74 Å². The number of nitrogens with zero attached hydrogens (tertiary/aromatic N) is 2. The molecule has 0 atom stereocenters. The largest absolute Gasteiger partial charge is 0.450 e. The lowest BCUT2D eigenvalue weighted by Gasteiger charge is -2.32. The highest BCUT2D eigenvalue weighted by molar-refractivity contribution is 5.66. The summed E-state index contributed by atoms with van der Waals surface area (Å²) in [6.07, 6.45) is -0.313. The lowest BCUT2D eigenvalue weighted by Crippen LogP contribution is -2.46. The minimum atomic E-state index is -0.313. The number of alkyl carbamates (subject to hydrolysis) is 1. The maximum atomic E-state index is 11.0. The Balaban J connectivity index is 0.00000225. The molecule has 5 heteroatoms. The molecule has 0 radical (unpaired) electrons. The molecule has 1 fully saturated rings. The van der Waals surface area contributed by atoms with Gasteiger partial charge in [0.1, 0.15) is 0 Å². The quantitative estimate of drug-likeness (QED) is 0.732. The molecule has 1 heterocycles. The Hall–Kier alpha value is -0.810. The van der Waals surface area contributed by atoms with Crippen molar-refractivity contribution in [2.24, 2.45) is 0 Å². The highest BCUT2D eigenvalue weighted by atomic mass is 16.5. The van der Waals surface area contributed by atoms with Gasteiger partial charge in [-0.15, -0.1) is 0 Å². The van der Waals surface area contributed by atoms with Gasteiger partial charge in [0, 0.05) is 40.7 Å². The molecule has 1 amide bonds. The van der Waals surface area contributed by atoms with Crippen molar-refractivity contribution in [1.29, 1.82) is 0 Å². The number of nitrogens with one attached hydrogen (secondary N) is 1. The van der Waals surface area contributed by atoms with Crippen LogP contribution in [0.2, 0.25) is 0 Å². The van der Waals surface area contributed by atoms with Crippen molar-refractivity contribution >= 4 is 6.09 Å². The predicted octanol–water partition coefficient (Wildman–Crippen LogP) is 0.226. The van der Waals surface area contributed by atoms with Crippen LogP contribution in [0.4, 0.5) is 4.79 Å². The summed E-state index contributed by atoms with van der Waals surface area (Å²) in [5.74, 6) is 0. The Morgan fingerprint density at radius 2 is 2.07 bits per heavy atom. The van der Waals surface area contributed by atoms with Gasteiger partial charge in [0.2, 0.25) is 0 Å². The van der Waals surface area contributed by atoms with E-state index in [-0.39, 0.29) is 7.52 Å². The fourth-order valence-corrected chi connectivity index (χ4v) is 1.57. The molecule has 1 saturated heterocycles. The number of rotatable bonds is 4. The zero-order valence-corrected chi connectivity index (χ0v) is 9.66. The van der Waals surface area contributed by atoms with E-state index in [0.717, 1.165) is 32.7 Å². The SMILES string of the molecule is CCOC(=O)NCCN1CCN(C)CC1.[HH]. The number of piperazine rings is 1. The minimum absolute atomic E-state index is 0. The summed E-state index contributed by atoms with van der Waals surface area (Å²) < 4.78 is 4.77. The predicted molar refractivity (Wildman–Crippen MR) is 61.1 cm³/mol. The molecule has 0 bridgehead atoms. The summed E-state index contributed by atoms with van der Waals surface area (Å²) >= 11 is 0. The second-order valence-electron chi connectivity index (χ2n) is 3.79. The van der Waals surface area contributed by atoms with Gasteiger partial charge in [-0.05, 0) is 14.0 Å². The standard InChI is InChI=1S/C10H21N3O2.H2/c1-3-15-10(14)11-4-5-13-8-6-12(2)7-9-13;/h3-9H2,1-2H3,(H,11,14);1H. The van der Waals surface area contributed by atoms with Gasteiger partial charge in [0.25, 0.3) is 0 Å². The Morgan fingerprint density at radius 1 is 1.40 bits per heavy atom. The summed E-state index contributed by atoms with van der Waals surface area (Å²) in [6.45, 7) is 8.20. The highest BCUT2D eigenvalue weighted by Gasteiger charge is 2.13. The first kappa shape index (κ1) is 12.3. The number of carbonyl (C=O) groups is 1. The summed E-state index contributed by atoms with van der Waals surface area (Å²) in [7, 11) is 2.13. The van der Waals surface area contributed by atoms with Crippen LogP contribution in [0, 0.1) is 0 Å². The molecule has 1 aliphatic rings. The monoisotopic (exact) mass is 217 g/mol. The van der Waals surface area contributed by atoms with Crippen LogP contribution >= 0.6 is 0 Å².